The van der Waals surface area contributed by atoms with Crippen molar-refractivity contribution in [2.24, 2.45) is 0 Å². The second-order valence-electron chi connectivity index (χ2n) is 4.99. The lowest BCUT2D eigenvalue weighted by atomic mass is 10.1. The van der Waals surface area contributed by atoms with Crippen LogP contribution in [0.25, 0.3) is 0 Å². The van der Waals surface area contributed by atoms with E-state index in [4.69, 9.17) is 0 Å². The minimum Gasteiger partial charge on any atom is -0.387 e. The van der Waals surface area contributed by atoms with Gasteiger partial charge in [0.25, 0.3) is 0 Å². The Morgan fingerprint density at radius 2 is 1.83 bits per heavy atom. The van der Waals surface area contributed by atoms with E-state index in [0.717, 1.165) is 4.90 Å². The molecule has 124 valence electrons. The highest BCUT2D eigenvalue weighted by molar-refractivity contribution is 7.98. The van der Waals surface area contributed by atoms with Gasteiger partial charge < -0.3 is 5.11 Å². The Morgan fingerprint density at radius 1 is 1.17 bits per heavy atom. The van der Waals surface area contributed by atoms with Crippen LogP contribution in [0.1, 0.15) is 17.2 Å². The molecule has 7 heteroatoms. The minimum absolute atomic E-state index is 0.0961. The molecule has 0 aromatic heterocycles. The summed E-state index contributed by atoms with van der Waals surface area (Å²) in [7, 11) is -3.73. The van der Waals surface area contributed by atoms with Crippen LogP contribution in [0.3, 0.4) is 0 Å². The molecule has 0 saturated carbocycles. The topological polar surface area (TPSA) is 66.4 Å². The molecule has 0 heterocycles. The smallest absolute Gasteiger partial charge is 0.215 e. The molecule has 0 saturated heterocycles. The van der Waals surface area contributed by atoms with Crippen LogP contribution >= 0.6 is 11.8 Å². The Kier molecular flexibility index (Phi) is 6.17. The van der Waals surface area contributed by atoms with Gasteiger partial charge in [0.15, 0.2) is 0 Å². The van der Waals surface area contributed by atoms with E-state index in [-0.39, 0.29) is 12.1 Å². The normalized spacial score (nSPS) is 13.0. The molecule has 0 bridgehead atoms. The predicted octanol–water partition coefficient (Wildman–Crippen LogP) is 2.70. The third-order valence-electron chi connectivity index (χ3n) is 3.30. The van der Waals surface area contributed by atoms with Gasteiger partial charge in [-0.1, -0.05) is 30.3 Å². The maximum absolute atomic E-state index is 13.5. The maximum atomic E-state index is 13.5. The lowest BCUT2D eigenvalue weighted by Gasteiger charge is -2.13. The number of aliphatic hydroxyl groups excluding tert-OH is 1. The van der Waals surface area contributed by atoms with Crippen LogP contribution in [0.5, 0.6) is 0 Å². The zero-order valence-corrected chi connectivity index (χ0v) is 14.2. The molecular formula is C16H18FNO3S2. The standard InChI is InChI=1S/C16H18FNO3S2/c1-22-14-8-6-12(7-9-14)16(19)10-18-23(20,21)11-13-4-2-3-5-15(13)17/h2-9,16,18-19H,10-11H2,1H3. The van der Waals surface area contributed by atoms with E-state index in [1.54, 1.807) is 30.0 Å². The Bertz CT molecular complexity index is 748. The lowest BCUT2D eigenvalue weighted by molar-refractivity contribution is 0.182. The zero-order valence-electron chi connectivity index (χ0n) is 12.6. The minimum atomic E-state index is -3.73. The van der Waals surface area contributed by atoms with Gasteiger partial charge in [-0.15, -0.1) is 11.8 Å². The molecule has 23 heavy (non-hydrogen) atoms. The van der Waals surface area contributed by atoms with Crippen LogP contribution in [0, 0.1) is 5.82 Å². The summed E-state index contributed by atoms with van der Waals surface area (Å²) >= 11 is 1.58. The van der Waals surface area contributed by atoms with Crippen molar-refractivity contribution < 1.29 is 17.9 Å². The van der Waals surface area contributed by atoms with Crippen LogP contribution in [-0.2, 0) is 15.8 Å². The van der Waals surface area contributed by atoms with Gasteiger partial charge in [-0.25, -0.2) is 17.5 Å². The second-order valence-corrected chi connectivity index (χ2v) is 7.67. The Morgan fingerprint density at radius 3 is 2.43 bits per heavy atom. The van der Waals surface area contributed by atoms with Crippen LogP contribution in [0.15, 0.2) is 53.4 Å². The fourth-order valence-electron chi connectivity index (χ4n) is 2.02. The third kappa shape index (κ3) is 5.31. The molecule has 0 aliphatic heterocycles. The molecule has 0 aliphatic carbocycles. The fraction of sp³-hybridized carbons (Fsp3) is 0.250. The lowest BCUT2D eigenvalue weighted by Crippen LogP contribution is -2.29. The van der Waals surface area contributed by atoms with Gasteiger partial charge in [0.1, 0.15) is 5.82 Å². The highest BCUT2D eigenvalue weighted by Gasteiger charge is 2.16. The zero-order chi connectivity index (χ0) is 16.9. The summed E-state index contributed by atoms with van der Waals surface area (Å²) in [4.78, 5) is 1.06. The molecule has 1 unspecified atom stereocenters. The molecule has 2 rings (SSSR count). The second kappa shape index (κ2) is 7.92. The monoisotopic (exact) mass is 355 g/mol. The molecule has 2 aromatic carbocycles. The molecule has 0 aliphatic rings. The van der Waals surface area contributed by atoms with Crippen molar-refractivity contribution in [3.8, 4) is 0 Å². The van der Waals surface area contributed by atoms with Gasteiger partial charge in [0, 0.05) is 17.0 Å². The summed E-state index contributed by atoms with van der Waals surface area (Å²) in [6, 6.07) is 12.9. The number of aliphatic hydroxyl groups is 1. The third-order valence-corrected chi connectivity index (χ3v) is 5.34. The first-order valence-corrected chi connectivity index (χ1v) is 9.82. The molecule has 0 spiro atoms. The number of rotatable bonds is 7. The quantitative estimate of drug-likeness (QED) is 0.750. The SMILES string of the molecule is CSc1ccc(C(O)CNS(=O)(=O)Cc2ccccc2F)cc1. The largest absolute Gasteiger partial charge is 0.387 e. The number of halogens is 1. The van der Waals surface area contributed by atoms with Crippen molar-refractivity contribution in [2.45, 2.75) is 16.8 Å². The van der Waals surface area contributed by atoms with Crippen molar-refractivity contribution in [2.75, 3.05) is 12.8 Å². The van der Waals surface area contributed by atoms with E-state index in [9.17, 15) is 17.9 Å². The van der Waals surface area contributed by atoms with Gasteiger partial charge in [-0.2, -0.15) is 0 Å². The van der Waals surface area contributed by atoms with Crippen molar-refractivity contribution in [1.29, 1.82) is 0 Å². The molecule has 0 amide bonds. The number of hydrogen-bond donors (Lipinski definition) is 2. The summed E-state index contributed by atoms with van der Waals surface area (Å²) in [5.41, 5.74) is 0.718. The summed E-state index contributed by atoms with van der Waals surface area (Å²) < 4.78 is 39.8. The maximum Gasteiger partial charge on any atom is 0.215 e. The summed E-state index contributed by atoms with van der Waals surface area (Å²) in [6.07, 6.45) is 0.990. The van der Waals surface area contributed by atoms with E-state index in [2.05, 4.69) is 4.72 Å². The fourth-order valence-corrected chi connectivity index (χ4v) is 3.59. The summed E-state index contributed by atoms with van der Waals surface area (Å²) in [5.74, 6) is -1.02. The van der Waals surface area contributed by atoms with Crippen molar-refractivity contribution in [1.82, 2.24) is 4.72 Å². The molecule has 2 aromatic rings. The average Bonchev–Trinajstić information content (AvgIpc) is 2.55. The van der Waals surface area contributed by atoms with Gasteiger partial charge in [-0.3, -0.25) is 0 Å². The van der Waals surface area contributed by atoms with Gasteiger partial charge in [0.2, 0.25) is 10.0 Å². The Labute approximate surface area is 139 Å². The van der Waals surface area contributed by atoms with Crippen molar-refractivity contribution >= 4 is 21.8 Å². The number of nitrogens with one attached hydrogen (secondary N) is 1. The van der Waals surface area contributed by atoms with Gasteiger partial charge in [-0.05, 0) is 30.0 Å². The van der Waals surface area contributed by atoms with Crippen molar-refractivity contribution in [3.05, 3.63) is 65.5 Å². The Hall–Kier alpha value is -1.41. The van der Waals surface area contributed by atoms with Crippen LogP contribution in [0.2, 0.25) is 0 Å². The number of sulfonamides is 1. The van der Waals surface area contributed by atoms with E-state index in [1.165, 1.54) is 18.2 Å². The number of thioether (sulfide) groups is 1. The van der Waals surface area contributed by atoms with E-state index in [1.807, 2.05) is 18.4 Å². The molecule has 0 radical (unpaired) electrons. The first-order valence-electron chi connectivity index (χ1n) is 6.94. The number of hydrogen-bond acceptors (Lipinski definition) is 4. The first kappa shape index (κ1) is 17.9. The van der Waals surface area contributed by atoms with E-state index < -0.39 is 27.7 Å². The van der Waals surface area contributed by atoms with Gasteiger partial charge in [0.05, 0.1) is 11.9 Å². The molecular weight excluding hydrogens is 337 g/mol. The summed E-state index contributed by atoms with van der Waals surface area (Å²) in [6.45, 7) is -0.157. The van der Waals surface area contributed by atoms with E-state index in [0.29, 0.717) is 5.56 Å². The highest BCUT2D eigenvalue weighted by Crippen LogP contribution is 2.19. The number of benzene rings is 2. The molecule has 1 atom stereocenters. The van der Waals surface area contributed by atoms with Gasteiger partial charge >= 0.3 is 0 Å². The molecule has 4 nitrogen and oxygen atoms in total. The average molecular weight is 355 g/mol. The predicted molar refractivity (Wildman–Crippen MR) is 90.2 cm³/mol. The Balaban J connectivity index is 1.96. The molecule has 2 N–H and O–H groups in total. The van der Waals surface area contributed by atoms with Crippen LogP contribution in [0.4, 0.5) is 4.39 Å². The van der Waals surface area contributed by atoms with Crippen LogP contribution in [-0.4, -0.2) is 26.3 Å². The molecule has 0 fully saturated rings. The highest BCUT2D eigenvalue weighted by atomic mass is 32.2. The van der Waals surface area contributed by atoms with Crippen LogP contribution < -0.4 is 4.72 Å². The summed E-state index contributed by atoms with van der Waals surface area (Å²) in [5, 5.41) is 10.1. The first-order chi connectivity index (χ1) is 10.9. The van der Waals surface area contributed by atoms with E-state index >= 15 is 0 Å². The van der Waals surface area contributed by atoms with Crippen molar-refractivity contribution in [3.63, 3.8) is 0 Å².